The monoisotopic (exact) mass is 373 g/mol. The Morgan fingerprint density at radius 1 is 1.15 bits per heavy atom. The Bertz CT molecular complexity index is 1020. The van der Waals surface area contributed by atoms with Gasteiger partial charge >= 0.3 is 0 Å². The lowest BCUT2D eigenvalue weighted by Crippen LogP contribution is -2.15. The highest BCUT2D eigenvalue weighted by atomic mass is 19.1. The van der Waals surface area contributed by atoms with E-state index in [4.69, 9.17) is 19.6 Å². The normalized spacial score (nSPS) is 12.2. The molecule has 0 saturated carbocycles. The molecule has 1 aliphatic heterocycles. The number of carbonyl (C=O) groups excluding carboxylic acids is 1. The van der Waals surface area contributed by atoms with Gasteiger partial charge in [0.2, 0.25) is 12.7 Å². The van der Waals surface area contributed by atoms with E-state index in [2.05, 4.69) is 10.3 Å². The van der Waals surface area contributed by atoms with Gasteiger partial charge in [0.15, 0.2) is 23.0 Å². The Kier molecular flexibility index (Phi) is 4.11. The second-order valence-corrected chi connectivity index (χ2v) is 5.67. The number of nitrogens with two attached hydrogens (primary N) is 1. The van der Waals surface area contributed by atoms with Crippen molar-refractivity contribution >= 4 is 11.6 Å². The summed E-state index contributed by atoms with van der Waals surface area (Å²) in [5, 5.41) is 3.02. The lowest BCUT2D eigenvalue weighted by molar-refractivity contribution is 0.0994. The molecule has 0 aliphatic carbocycles. The van der Waals surface area contributed by atoms with Crippen LogP contribution in [-0.4, -0.2) is 17.7 Å². The molecule has 0 radical (unpaired) electrons. The number of oxazole rings is 1. The number of carbonyl (C=O) groups is 1. The first kappa shape index (κ1) is 16.8. The minimum atomic E-state index is -0.871. The van der Waals surface area contributed by atoms with Gasteiger partial charge in [-0.2, -0.15) is 0 Å². The van der Waals surface area contributed by atoms with Crippen LogP contribution in [0.3, 0.4) is 0 Å². The summed E-state index contributed by atoms with van der Waals surface area (Å²) in [4.78, 5) is 15.5. The number of nitrogens with one attached hydrogen (secondary N) is 1. The van der Waals surface area contributed by atoms with Gasteiger partial charge in [0.25, 0.3) is 5.91 Å². The van der Waals surface area contributed by atoms with Crippen LogP contribution in [-0.2, 0) is 6.54 Å². The van der Waals surface area contributed by atoms with Crippen molar-refractivity contribution in [3.63, 3.8) is 0 Å². The first-order chi connectivity index (χ1) is 13.0. The number of aromatic nitrogens is 1. The number of halogens is 2. The van der Waals surface area contributed by atoms with Crippen molar-refractivity contribution in [3.8, 4) is 23.0 Å². The lowest BCUT2D eigenvalue weighted by Gasteiger charge is -2.06. The number of anilines is 1. The van der Waals surface area contributed by atoms with E-state index in [-0.39, 0.29) is 30.7 Å². The van der Waals surface area contributed by atoms with Crippen molar-refractivity contribution in [1.29, 1.82) is 0 Å². The lowest BCUT2D eigenvalue weighted by atomic mass is 10.2. The molecule has 138 valence electrons. The zero-order valence-corrected chi connectivity index (χ0v) is 13.8. The van der Waals surface area contributed by atoms with Gasteiger partial charge in [-0.15, -0.1) is 0 Å². The number of fused-ring (bicyclic) bond motifs is 1. The minimum Gasteiger partial charge on any atom is -0.454 e. The summed E-state index contributed by atoms with van der Waals surface area (Å²) in [6, 6.07) is 8.52. The molecule has 27 heavy (non-hydrogen) atoms. The third-order valence-electron chi connectivity index (χ3n) is 3.93. The van der Waals surface area contributed by atoms with Gasteiger partial charge in [-0.05, 0) is 24.3 Å². The first-order valence-electron chi connectivity index (χ1n) is 7.90. The Labute approximate surface area is 151 Å². The fourth-order valence-electron chi connectivity index (χ4n) is 2.66. The number of primary amides is 1. The Balaban J connectivity index is 1.62. The van der Waals surface area contributed by atoms with E-state index in [1.165, 1.54) is 6.07 Å². The fourth-order valence-corrected chi connectivity index (χ4v) is 2.66. The predicted molar refractivity (Wildman–Crippen MR) is 90.3 cm³/mol. The quantitative estimate of drug-likeness (QED) is 0.713. The predicted octanol–water partition coefficient (Wildman–Crippen LogP) is 3.06. The molecule has 0 atom stereocenters. The highest BCUT2D eigenvalue weighted by Gasteiger charge is 2.23. The van der Waals surface area contributed by atoms with Gasteiger partial charge in [-0.25, -0.2) is 13.8 Å². The molecule has 0 saturated heterocycles. The summed E-state index contributed by atoms with van der Waals surface area (Å²) >= 11 is 0. The zero-order valence-electron chi connectivity index (χ0n) is 13.8. The zero-order chi connectivity index (χ0) is 19.0. The molecule has 2 aromatic carbocycles. The minimum absolute atomic E-state index is 0.0149. The van der Waals surface area contributed by atoms with Crippen LogP contribution in [0.5, 0.6) is 11.5 Å². The third-order valence-corrected chi connectivity index (χ3v) is 3.93. The molecule has 1 aromatic heterocycles. The van der Waals surface area contributed by atoms with Gasteiger partial charge in [0, 0.05) is 11.8 Å². The van der Waals surface area contributed by atoms with Crippen LogP contribution < -0.4 is 20.5 Å². The summed E-state index contributed by atoms with van der Waals surface area (Å²) in [6.45, 7) is 0.158. The van der Waals surface area contributed by atoms with Crippen LogP contribution in [0, 0.1) is 11.6 Å². The maximum Gasteiger partial charge on any atom is 0.271 e. The second-order valence-electron chi connectivity index (χ2n) is 5.67. The van der Waals surface area contributed by atoms with Crippen LogP contribution in [0.2, 0.25) is 0 Å². The van der Waals surface area contributed by atoms with Crippen molar-refractivity contribution in [1.82, 2.24) is 4.98 Å². The summed E-state index contributed by atoms with van der Waals surface area (Å²) in [6.07, 6.45) is 0. The van der Waals surface area contributed by atoms with Gasteiger partial charge in [-0.3, -0.25) is 4.79 Å². The van der Waals surface area contributed by atoms with Crippen LogP contribution in [0.25, 0.3) is 11.5 Å². The van der Waals surface area contributed by atoms with Crippen molar-refractivity contribution in [2.75, 3.05) is 12.1 Å². The molecular weight excluding hydrogens is 360 g/mol. The van der Waals surface area contributed by atoms with Crippen molar-refractivity contribution in [2.45, 2.75) is 6.54 Å². The van der Waals surface area contributed by atoms with Crippen LogP contribution in [0.4, 0.5) is 14.5 Å². The van der Waals surface area contributed by atoms with E-state index in [0.29, 0.717) is 17.2 Å². The Morgan fingerprint density at radius 2 is 1.89 bits per heavy atom. The van der Waals surface area contributed by atoms with Crippen LogP contribution in [0.1, 0.15) is 16.2 Å². The topological polar surface area (TPSA) is 99.6 Å². The molecular formula is C18H13F2N3O4. The number of ether oxygens (including phenoxy) is 2. The maximum atomic E-state index is 14.0. The van der Waals surface area contributed by atoms with Gasteiger partial charge < -0.3 is 24.9 Å². The Hall–Kier alpha value is -3.62. The smallest absolute Gasteiger partial charge is 0.271 e. The van der Waals surface area contributed by atoms with E-state index < -0.39 is 23.1 Å². The molecule has 9 heteroatoms. The molecule has 0 bridgehead atoms. The SMILES string of the molecule is NC(=O)c1nc(-c2c(F)cccc2F)oc1CNc1ccc2c(c1)OCO2. The summed E-state index contributed by atoms with van der Waals surface area (Å²) in [7, 11) is 0. The van der Waals surface area contributed by atoms with Crippen molar-refractivity contribution < 1.29 is 27.5 Å². The molecule has 0 unspecified atom stereocenters. The van der Waals surface area contributed by atoms with Gasteiger partial charge in [0.1, 0.15) is 17.2 Å². The largest absolute Gasteiger partial charge is 0.454 e. The molecule has 3 aromatic rings. The number of hydrogen-bond acceptors (Lipinski definition) is 6. The van der Waals surface area contributed by atoms with E-state index in [9.17, 15) is 13.6 Å². The van der Waals surface area contributed by atoms with Crippen LogP contribution in [0.15, 0.2) is 40.8 Å². The summed E-state index contributed by atoms with van der Waals surface area (Å²) in [5.41, 5.74) is 5.30. The molecule has 0 fully saturated rings. The average molecular weight is 373 g/mol. The first-order valence-corrected chi connectivity index (χ1v) is 7.90. The fraction of sp³-hybridized carbons (Fsp3) is 0.111. The van der Waals surface area contributed by atoms with Crippen molar-refractivity contribution in [3.05, 3.63) is 59.5 Å². The molecule has 3 N–H and O–H groups in total. The maximum absolute atomic E-state index is 14.0. The van der Waals surface area contributed by atoms with Gasteiger partial charge in [0.05, 0.1) is 6.54 Å². The number of amides is 1. The van der Waals surface area contributed by atoms with Crippen molar-refractivity contribution in [2.24, 2.45) is 5.73 Å². The number of hydrogen-bond donors (Lipinski definition) is 2. The summed E-state index contributed by atoms with van der Waals surface area (Å²) < 4.78 is 43.9. The number of nitrogens with zero attached hydrogens (tertiary/aromatic N) is 1. The number of rotatable bonds is 5. The van der Waals surface area contributed by atoms with E-state index in [1.807, 2.05) is 0 Å². The molecule has 1 amide bonds. The third kappa shape index (κ3) is 3.14. The molecule has 4 rings (SSSR count). The van der Waals surface area contributed by atoms with Crippen LogP contribution >= 0.6 is 0 Å². The van der Waals surface area contributed by atoms with E-state index in [0.717, 1.165) is 12.1 Å². The summed E-state index contributed by atoms with van der Waals surface area (Å²) in [5.74, 6) is -1.70. The van der Waals surface area contributed by atoms with Gasteiger partial charge in [-0.1, -0.05) is 6.07 Å². The second kappa shape index (κ2) is 6.60. The number of benzene rings is 2. The highest BCUT2D eigenvalue weighted by Crippen LogP contribution is 2.34. The molecule has 1 aliphatic rings. The average Bonchev–Trinajstić information content (AvgIpc) is 3.26. The molecule has 0 spiro atoms. The molecule has 7 nitrogen and oxygen atoms in total. The van der Waals surface area contributed by atoms with E-state index >= 15 is 0 Å². The van der Waals surface area contributed by atoms with E-state index in [1.54, 1.807) is 18.2 Å². The Morgan fingerprint density at radius 3 is 2.63 bits per heavy atom. The standard InChI is InChI=1S/C18H13F2N3O4/c19-10-2-1-3-11(20)15(10)18-23-16(17(21)24)14(27-18)7-22-9-4-5-12-13(6-9)26-8-25-12/h1-6,22H,7-8H2,(H2,21,24). The molecule has 2 heterocycles. The highest BCUT2D eigenvalue weighted by molar-refractivity contribution is 5.92.